The third-order valence-electron chi connectivity index (χ3n) is 3.87. The number of hydrogen-bond donors (Lipinski definition) is 0. The number of furan rings is 2. The standard InChI is InChI=1S/C19H16N2O3S/c1-22-14-8-6-13(7-9-14)12-20-19-21-17(15-4-2-10-23-15)18(25-19)16-5-3-11-24-16/h2-12,17-18H,1H3/t17-,18-/m0/s1. The van der Waals surface area contributed by atoms with E-state index in [9.17, 15) is 0 Å². The Morgan fingerprint density at radius 2 is 1.76 bits per heavy atom. The average Bonchev–Trinajstić information content (AvgIpc) is 3.41. The first kappa shape index (κ1) is 15.8. The van der Waals surface area contributed by atoms with Crippen LogP contribution < -0.4 is 4.74 Å². The van der Waals surface area contributed by atoms with Gasteiger partial charge in [-0.15, -0.1) is 0 Å². The van der Waals surface area contributed by atoms with Gasteiger partial charge in [-0.1, -0.05) is 11.8 Å². The summed E-state index contributed by atoms with van der Waals surface area (Å²) in [5, 5.41) is 0.725. The summed E-state index contributed by atoms with van der Waals surface area (Å²) in [5.74, 6) is 2.49. The fourth-order valence-corrected chi connectivity index (χ4v) is 3.71. The minimum absolute atomic E-state index is 0.0177. The van der Waals surface area contributed by atoms with Gasteiger partial charge in [-0.3, -0.25) is 0 Å². The lowest BCUT2D eigenvalue weighted by atomic mass is 10.1. The molecule has 0 N–H and O–H groups in total. The number of thioether (sulfide) groups is 1. The molecular weight excluding hydrogens is 336 g/mol. The van der Waals surface area contributed by atoms with Crippen molar-refractivity contribution in [1.29, 1.82) is 0 Å². The van der Waals surface area contributed by atoms with Crippen LogP contribution in [0.15, 0.2) is 79.9 Å². The molecule has 3 heterocycles. The van der Waals surface area contributed by atoms with E-state index in [0.29, 0.717) is 5.17 Å². The van der Waals surface area contributed by atoms with Gasteiger partial charge in [0, 0.05) is 6.21 Å². The first-order valence-electron chi connectivity index (χ1n) is 7.83. The highest BCUT2D eigenvalue weighted by atomic mass is 32.2. The number of benzene rings is 1. The molecule has 0 spiro atoms. The van der Waals surface area contributed by atoms with Crippen LogP contribution in [-0.2, 0) is 0 Å². The summed E-state index contributed by atoms with van der Waals surface area (Å²) < 4.78 is 16.3. The molecule has 25 heavy (non-hydrogen) atoms. The Kier molecular flexibility index (Phi) is 4.43. The number of hydrogen-bond acceptors (Lipinski definition) is 6. The summed E-state index contributed by atoms with van der Waals surface area (Å²) in [7, 11) is 1.65. The Morgan fingerprint density at radius 1 is 1.04 bits per heavy atom. The van der Waals surface area contributed by atoms with Crippen LogP contribution in [0.2, 0.25) is 0 Å². The second-order valence-electron chi connectivity index (χ2n) is 5.46. The maximum absolute atomic E-state index is 5.58. The van der Waals surface area contributed by atoms with Crippen LogP contribution in [0.1, 0.15) is 28.4 Å². The normalized spacial score (nSPS) is 20.1. The molecule has 3 aromatic rings. The molecule has 2 atom stereocenters. The number of amidine groups is 1. The lowest BCUT2D eigenvalue weighted by Crippen LogP contribution is -1.99. The van der Waals surface area contributed by atoms with Crippen molar-refractivity contribution in [1.82, 2.24) is 0 Å². The van der Waals surface area contributed by atoms with Crippen LogP contribution in [0.25, 0.3) is 0 Å². The molecule has 0 bridgehead atoms. The zero-order chi connectivity index (χ0) is 17.1. The summed E-state index contributed by atoms with van der Waals surface area (Å²) in [5.41, 5.74) is 0.986. The quantitative estimate of drug-likeness (QED) is 0.628. The molecule has 1 aliphatic heterocycles. The summed E-state index contributed by atoms with van der Waals surface area (Å²) in [6, 6.07) is 15.2. The van der Waals surface area contributed by atoms with Gasteiger partial charge in [-0.25, -0.2) is 9.98 Å². The molecule has 0 amide bonds. The van der Waals surface area contributed by atoms with Crippen LogP contribution in [0.5, 0.6) is 5.75 Å². The maximum Gasteiger partial charge on any atom is 0.184 e. The van der Waals surface area contributed by atoms with Crippen LogP contribution in [-0.4, -0.2) is 18.5 Å². The van der Waals surface area contributed by atoms with Gasteiger partial charge in [0.1, 0.15) is 28.6 Å². The fourth-order valence-electron chi connectivity index (χ4n) is 2.62. The summed E-state index contributed by atoms with van der Waals surface area (Å²) >= 11 is 1.58. The Morgan fingerprint density at radius 3 is 2.40 bits per heavy atom. The number of methoxy groups -OCH3 is 1. The second kappa shape index (κ2) is 7.03. The van der Waals surface area contributed by atoms with E-state index >= 15 is 0 Å². The van der Waals surface area contributed by atoms with Crippen LogP contribution >= 0.6 is 11.8 Å². The highest BCUT2D eigenvalue weighted by Gasteiger charge is 2.36. The Balaban J connectivity index is 1.57. The predicted octanol–water partition coefficient (Wildman–Crippen LogP) is 4.89. The second-order valence-corrected chi connectivity index (χ2v) is 6.57. The zero-order valence-corrected chi connectivity index (χ0v) is 14.3. The number of aliphatic imine (C=N–C) groups is 2. The van der Waals surface area contributed by atoms with Gasteiger partial charge in [-0.2, -0.15) is 0 Å². The van der Waals surface area contributed by atoms with E-state index in [2.05, 4.69) is 4.99 Å². The zero-order valence-electron chi connectivity index (χ0n) is 13.5. The van der Waals surface area contributed by atoms with E-state index in [1.165, 1.54) is 0 Å². The van der Waals surface area contributed by atoms with Crippen molar-refractivity contribution < 1.29 is 13.6 Å². The summed E-state index contributed by atoms with van der Waals surface area (Å²) in [6.07, 6.45) is 5.13. The van der Waals surface area contributed by atoms with Crippen molar-refractivity contribution in [3.05, 3.63) is 78.1 Å². The lowest BCUT2D eigenvalue weighted by Gasteiger charge is -2.11. The molecule has 0 radical (unpaired) electrons. The third kappa shape index (κ3) is 3.39. The van der Waals surface area contributed by atoms with E-state index in [-0.39, 0.29) is 11.3 Å². The van der Waals surface area contributed by atoms with Gasteiger partial charge in [0.2, 0.25) is 0 Å². The monoisotopic (exact) mass is 352 g/mol. The average molecular weight is 352 g/mol. The van der Waals surface area contributed by atoms with Crippen LogP contribution in [0.3, 0.4) is 0 Å². The van der Waals surface area contributed by atoms with E-state index in [0.717, 1.165) is 22.8 Å². The first-order chi connectivity index (χ1) is 12.3. The van der Waals surface area contributed by atoms with E-state index < -0.39 is 0 Å². The fraction of sp³-hybridized carbons (Fsp3) is 0.158. The third-order valence-corrected chi connectivity index (χ3v) is 5.03. The lowest BCUT2D eigenvalue weighted by molar-refractivity contribution is 0.415. The van der Waals surface area contributed by atoms with Gasteiger partial charge < -0.3 is 13.6 Å². The van der Waals surface area contributed by atoms with Crippen molar-refractivity contribution in [2.75, 3.05) is 7.11 Å². The highest BCUT2D eigenvalue weighted by molar-refractivity contribution is 8.14. The number of nitrogens with zero attached hydrogens (tertiary/aromatic N) is 2. The summed E-state index contributed by atoms with van der Waals surface area (Å²) in [6.45, 7) is 0. The molecule has 0 saturated heterocycles. The molecule has 126 valence electrons. The molecule has 0 fully saturated rings. The molecule has 0 saturated carbocycles. The van der Waals surface area contributed by atoms with Crippen molar-refractivity contribution in [3.63, 3.8) is 0 Å². The van der Waals surface area contributed by atoms with Crippen molar-refractivity contribution >= 4 is 23.1 Å². The molecule has 6 heteroatoms. The maximum atomic E-state index is 5.58. The van der Waals surface area contributed by atoms with Crippen molar-refractivity contribution in [2.24, 2.45) is 9.98 Å². The predicted molar refractivity (Wildman–Crippen MR) is 98.5 cm³/mol. The van der Waals surface area contributed by atoms with Gasteiger partial charge in [0.15, 0.2) is 5.17 Å². The Bertz CT molecular complexity index is 868. The molecule has 2 aromatic heterocycles. The van der Waals surface area contributed by atoms with Gasteiger partial charge in [0.05, 0.1) is 19.6 Å². The van der Waals surface area contributed by atoms with Crippen molar-refractivity contribution in [2.45, 2.75) is 11.3 Å². The topological polar surface area (TPSA) is 60.2 Å². The minimum Gasteiger partial charge on any atom is -0.497 e. The van der Waals surface area contributed by atoms with Gasteiger partial charge >= 0.3 is 0 Å². The molecular formula is C19H16N2O3S. The molecule has 0 unspecified atom stereocenters. The van der Waals surface area contributed by atoms with Gasteiger partial charge in [0.25, 0.3) is 0 Å². The first-order valence-corrected chi connectivity index (χ1v) is 8.71. The van der Waals surface area contributed by atoms with Crippen molar-refractivity contribution in [3.8, 4) is 5.75 Å². The molecule has 4 rings (SSSR count). The smallest absolute Gasteiger partial charge is 0.184 e. The summed E-state index contributed by atoms with van der Waals surface area (Å²) in [4.78, 5) is 9.25. The largest absolute Gasteiger partial charge is 0.497 e. The Labute approximate surface area is 149 Å². The molecule has 1 aliphatic rings. The van der Waals surface area contributed by atoms with E-state index in [1.807, 2.05) is 48.5 Å². The van der Waals surface area contributed by atoms with E-state index in [4.69, 9.17) is 18.6 Å². The highest BCUT2D eigenvalue weighted by Crippen LogP contribution is 2.48. The number of ether oxygens (including phenoxy) is 1. The van der Waals surface area contributed by atoms with Crippen LogP contribution in [0, 0.1) is 0 Å². The Hall–Kier alpha value is -2.73. The SMILES string of the molecule is COc1ccc(C=NC2=N[C@@H](c3ccco3)[C@H](c3ccco3)S2)cc1. The van der Waals surface area contributed by atoms with Gasteiger partial charge in [-0.05, 0) is 54.1 Å². The molecule has 1 aromatic carbocycles. The minimum atomic E-state index is -0.144. The molecule has 5 nitrogen and oxygen atoms in total. The molecule has 0 aliphatic carbocycles. The van der Waals surface area contributed by atoms with Crippen LogP contribution in [0.4, 0.5) is 0 Å². The van der Waals surface area contributed by atoms with E-state index in [1.54, 1.807) is 37.6 Å². The number of rotatable bonds is 4.